The number of ketones is 1. The lowest BCUT2D eigenvalue weighted by Crippen LogP contribution is -2.39. The molecule has 0 amide bonds. The quantitative estimate of drug-likeness (QED) is 0.794. The maximum absolute atomic E-state index is 13.2. The SMILES string of the molecule is CCN1CCc2cc(OC)c(OC)c3c2C1CC(=CN(C)C)C3=O. The van der Waals surface area contributed by atoms with Crippen molar-refractivity contribution < 1.29 is 14.3 Å². The highest BCUT2D eigenvalue weighted by Crippen LogP contribution is 2.48. The van der Waals surface area contributed by atoms with Crippen LogP contribution < -0.4 is 9.47 Å². The van der Waals surface area contributed by atoms with Crippen LogP contribution in [0.25, 0.3) is 0 Å². The molecule has 0 spiro atoms. The zero-order chi connectivity index (χ0) is 17.4. The van der Waals surface area contributed by atoms with Crippen molar-refractivity contribution in [3.8, 4) is 11.5 Å². The summed E-state index contributed by atoms with van der Waals surface area (Å²) in [5.41, 5.74) is 3.88. The maximum atomic E-state index is 13.2. The number of carbonyl (C=O) groups is 1. The van der Waals surface area contributed by atoms with Gasteiger partial charge in [-0.3, -0.25) is 9.69 Å². The summed E-state index contributed by atoms with van der Waals surface area (Å²) in [5, 5.41) is 0. The van der Waals surface area contributed by atoms with Crippen molar-refractivity contribution in [2.75, 3.05) is 41.4 Å². The van der Waals surface area contributed by atoms with Gasteiger partial charge >= 0.3 is 0 Å². The van der Waals surface area contributed by atoms with Gasteiger partial charge in [0.15, 0.2) is 17.3 Å². The second-order valence-electron chi connectivity index (χ2n) is 6.61. The lowest BCUT2D eigenvalue weighted by molar-refractivity contribution is 0.0984. The Hall–Kier alpha value is -2.01. The molecule has 0 bridgehead atoms. The zero-order valence-corrected chi connectivity index (χ0v) is 15.2. The summed E-state index contributed by atoms with van der Waals surface area (Å²) in [4.78, 5) is 17.6. The van der Waals surface area contributed by atoms with Crippen LogP contribution >= 0.6 is 0 Å². The van der Waals surface area contributed by atoms with E-state index >= 15 is 0 Å². The van der Waals surface area contributed by atoms with Gasteiger partial charge in [-0.05, 0) is 36.6 Å². The average Bonchev–Trinajstić information content (AvgIpc) is 2.57. The molecular weight excluding hydrogens is 304 g/mol. The Balaban J connectivity index is 2.27. The van der Waals surface area contributed by atoms with Crippen molar-refractivity contribution in [1.29, 1.82) is 0 Å². The molecule has 1 unspecified atom stereocenters. The predicted octanol–water partition coefficient (Wildman–Crippen LogP) is 2.65. The van der Waals surface area contributed by atoms with E-state index in [1.165, 1.54) is 5.56 Å². The van der Waals surface area contributed by atoms with Gasteiger partial charge in [0.1, 0.15) is 0 Å². The predicted molar refractivity (Wildman–Crippen MR) is 94.0 cm³/mol. The molecule has 0 N–H and O–H groups in total. The van der Waals surface area contributed by atoms with Crippen LogP contribution in [-0.2, 0) is 6.42 Å². The normalized spacial score (nSPS) is 21.6. The maximum Gasteiger partial charge on any atom is 0.194 e. The highest BCUT2D eigenvalue weighted by atomic mass is 16.5. The molecule has 0 saturated carbocycles. The monoisotopic (exact) mass is 330 g/mol. The van der Waals surface area contributed by atoms with E-state index in [-0.39, 0.29) is 11.8 Å². The van der Waals surface area contributed by atoms with Gasteiger partial charge < -0.3 is 14.4 Å². The Morgan fingerprint density at radius 3 is 2.67 bits per heavy atom. The lowest BCUT2D eigenvalue weighted by atomic mass is 9.77. The van der Waals surface area contributed by atoms with Crippen molar-refractivity contribution in [3.63, 3.8) is 0 Å². The zero-order valence-electron chi connectivity index (χ0n) is 15.2. The van der Waals surface area contributed by atoms with E-state index in [1.807, 2.05) is 31.3 Å². The van der Waals surface area contributed by atoms with E-state index in [4.69, 9.17) is 9.47 Å². The van der Waals surface area contributed by atoms with Gasteiger partial charge in [0, 0.05) is 38.5 Å². The molecule has 5 nitrogen and oxygen atoms in total. The number of ether oxygens (including phenoxy) is 2. The first-order valence-electron chi connectivity index (χ1n) is 8.45. The van der Waals surface area contributed by atoms with E-state index < -0.39 is 0 Å². The van der Waals surface area contributed by atoms with Crippen molar-refractivity contribution in [2.45, 2.75) is 25.8 Å². The number of methoxy groups -OCH3 is 2. The minimum atomic E-state index is 0.0601. The number of benzene rings is 1. The van der Waals surface area contributed by atoms with Crippen LogP contribution in [0.3, 0.4) is 0 Å². The van der Waals surface area contributed by atoms with Crippen LogP contribution in [0.15, 0.2) is 17.8 Å². The molecule has 1 aliphatic carbocycles. The number of hydrogen-bond acceptors (Lipinski definition) is 5. The molecule has 24 heavy (non-hydrogen) atoms. The van der Waals surface area contributed by atoms with Gasteiger partial charge in [0.05, 0.1) is 19.8 Å². The summed E-state index contributed by atoms with van der Waals surface area (Å²) in [5.74, 6) is 1.27. The molecule has 5 heteroatoms. The number of likely N-dealkylation sites (N-methyl/N-ethyl adjacent to an activating group) is 1. The fourth-order valence-electron chi connectivity index (χ4n) is 3.97. The summed E-state index contributed by atoms with van der Waals surface area (Å²) >= 11 is 0. The van der Waals surface area contributed by atoms with Crippen molar-refractivity contribution in [2.24, 2.45) is 0 Å². The van der Waals surface area contributed by atoms with E-state index in [1.54, 1.807) is 14.2 Å². The Bertz CT molecular complexity index is 694. The fourth-order valence-corrected chi connectivity index (χ4v) is 3.97. The highest BCUT2D eigenvalue weighted by Gasteiger charge is 2.40. The third-order valence-corrected chi connectivity index (χ3v) is 4.99. The molecule has 1 heterocycles. The van der Waals surface area contributed by atoms with Crippen LogP contribution in [0, 0.1) is 0 Å². The van der Waals surface area contributed by atoms with Gasteiger partial charge in [0.2, 0.25) is 0 Å². The molecular formula is C19H26N2O3. The van der Waals surface area contributed by atoms with Crippen molar-refractivity contribution in [1.82, 2.24) is 9.80 Å². The molecule has 1 aliphatic heterocycles. The molecule has 2 aliphatic rings. The van der Waals surface area contributed by atoms with Crippen LogP contribution in [0.5, 0.6) is 11.5 Å². The number of rotatable bonds is 4. The first-order valence-corrected chi connectivity index (χ1v) is 8.45. The van der Waals surface area contributed by atoms with E-state index in [2.05, 4.69) is 11.8 Å². The van der Waals surface area contributed by atoms with Gasteiger partial charge in [-0.2, -0.15) is 0 Å². The van der Waals surface area contributed by atoms with Crippen LogP contribution in [0.4, 0.5) is 0 Å². The van der Waals surface area contributed by atoms with Crippen LogP contribution in [0.2, 0.25) is 0 Å². The standard InChI is InChI=1S/C19H26N2O3/c1-6-21-8-7-12-10-15(23-4)19(24-5)17-16(12)14(21)9-13(18(17)22)11-20(2)3/h10-11,14H,6-9H2,1-5H3. The Morgan fingerprint density at radius 2 is 2.08 bits per heavy atom. The third-order valence-electron chi connectivity index (χ3n) is 4.99. The molecule has 130 valence electrons. The summed E-state index contributed by atoms with van der Waals surface area (Å²) in [6.07, 6.45) is 3.62. The van der Waals surface area contributed by atoms with E-state index in [0.29, 0.717) is 17.1 Å². The summed E-state index contributed by atoms with van der Waals surface area (Å²) in [6, 6.07) is 2.28. The Kier molecular flexibility index (Phi) is 4.54. The van der Waals surface area contributed by atoms with Gasteiger partial charge in [0.25, 0.3) is 0 Å². The average molecular weight is 330 g/mol. The van der Waals surface area contributed by atoms with Gasteiger partial charge in [-0.25, -0.2) is 0 Å². The molecule has 0 radical (unpaired) electrons. The minimum Gasteiger partial charge on any atom is -0.493 e. The van der Waals surface area contributed by atoms with Crippen molar-refractivity contribution >= 4 is 5.78 Å². The van der Waals surface area contributed by atoms with Crippen LogP contribution in [-0.4, -0.2) is 57.0 Å². The van der Waals surface area contributed by atoms with Gasteiger partial charge in [-0.1, -0.05) is 6.92 Å². The lowest BCUT2D eigenvalue weighted by Gasteiger charge is -2.41. The number of Topliss-reactive ketones (excluding diaryl/α,β-unsaturated/α-hetero) is 1. The number of hydrogen-bond donors (Lipinski definition) is 0. The largest absolute Gasteiger partial charge is 0.493 e. The molecule has 1 aromatic carbocycles. The fraction of sp³-hybridized carbons (Fsp3) is 0.526. The topological polar surface area (TPSA) is 42.0 Å². The minimum absolute atomic E-state index is 0.0601. The number of nitrogens with zero attached hydrogens (tertiary/aromatic N) is 2. The van der Waals surface area contributed by atoms with Gasteiger partial charge in [-0.15, -0.1) is 0 Å². The molecule has 1 atom stereocenters. The molecule has 3 rings (SSSR count). The Morgan fingerprint density at radius 1 is 1.33 bits per heavy atom. The first-order chi connectivity index (χ1) is 11.5. The molecule has 1 aromatic rings. The van der Waals surface area contributed by atoms with Crippen molar-refractivity contribution in [3.05, 3.63) is 34.5 Å². The summed E-state index contributed by atoms with van der Waals surface area (Å²) in [6.45, 7) is 4.16. The second-order valence-corrected chi connectivity index (χ2v) is 6.61. The highest BCUT2D eigenvalue weighted by molar-refractivity contribution is 6.13. The van der Waals surface area contributed by atoms with E-state index in [0.717, 1.165) is 37.1 Å². The number of carbonyl (C=O) groups excluding carboxylic acids is 1. The molecule has 0 aromatic heterocycles. The third kappa shape index (κ3) is 2.57. The molecule has 0 fully saturated rings. The van der Waals surface area contributed by atoms with Crippen LogP contribution in [0.1, 0.15) is 40.9 Å². The molecule has 0 saturated heterocycles. The summed E-state index contributed by atoms with van der Waals surface area (Å²) < 4.78 is 11.1. The smallest absolute Gasteiger partial charge is 0.194 e. The first kappa shape index (κ1) is 16.8. The second kappa shape index (κ2) is 6.48. The van der Waals surface area contributed by atoms with E-state index in [9.17, 15) is 4.79 Å². The Labute approximate surface area is 143 Å². The summed E-state index contributed by atoms with van der Waals surface area (Å²) in [7, 11) is 7.12.